The first-order valence-electron chi connectivity index (χ1n) is 11.0. The Kier molecular flexibility index (Phi) is 6.04. The smallest absolute Gasteiger partial charge is 0.269 e. The summed E-state index contributed by atoms with van der Waals surface area (Å²) in [7, 11) is -8.35. The number of carbonyl (C=O) groups is 1. The van der Waals surface area contributed by atoms with Crippen LogP contribution < -0.4 is 15.6 Å². The number of hydrogen-bond donors (Lipinski definition) is 3. The summed E-state index contributed by atoms with van der Waals surface area (Å²) in [5, 5.41) is 9.54. The van der Waals surface area contributed by atoms with Crippen molar-refractivity contribution in [1.29, 1.82) is 0 Å². The number of nitrogens with zero attached hydrogens (tertiary/aromatic N) is 2. The molecular formula is C24H19F2N5O5S2. The first-order chi connectivity index (χ1) is 17.8. The molecule has 5 N–H and O–H groups in total. The third-order valence-corrected chi connectivity index (χ3v) is 8.42. The number of nitrogens with two attached hydrogens (primary N) is 2. The second-order valence-electron chi connectivity index (χ2n) is 8.54. The summed E-state index contributed by atoms with van der Waals surface area (Å²) in [6, 6.07) is 12.3. The standard InChI is InChI=1S/C24H19F2N5O5S2/c25-14-3-10-21(20(26)11-14)38(35,36)30-15-4-1-13-2-9-18-22(24(27)32)29-31(23(18)19(13)12-15)16-5-7-17(8-6-16)37(28,33)34/h1,3-8,10-12,30H,2,9H2,(H2,27,32)(H2,28,33,34). The number of sulfonamides is 2. The molecule has 4 aromatic rings. The Morgan fingerprint density at radius 3 is 2.29 bits per heavy atom. The van der Waals surface area contributed by atoms with E-state index < -0.39 is 42.5 Å². The zero-order chi connectivity index (χ0) is 27.4. The van der Waals surface area contributed by atoms with Crippen LogP contribution in [0.2, 0.25) is 0 Å². The molecule has 0 radical (unpaired) electrons. The van der Waals surface area contributed by atoms with Gasteiger partial charge in [0.15, 0.2) is 5.69 Å². The van der Waals surface area contributed by atoms with Crippen LogP contribution >= 0.6 is 0 Å². The SMILES string of the molecule is NC(=O)c1nn(-c2ccc(S(N)(=O)=O)cc2)c2c1CCc1ccc(NS(=O)(=O)c3ccc(F)cc3F)cc1-2. The van der Waals surface area contributed by atoms with Crippen molar-refractivity contribution in [1.82, 2.24) is 9.78 Å². The summed E-state index contributed by atoms with van der Waals surface area (Å²) in [5.74, 6) is -2.93. The Morgan fingerprint density at radius 1 is 0.947 bits per heavy atom. The van der Waals surface area contributed by atoms with Crippen molar-refractivity contribution < 1.29 is 30.4 Å². The van der Waals surface area contributed by atoms with E-state index in [1.807, 2.05) is 0 Å². The van der Waals surface area contributed by atoms with Crippen molar-refractivity contribution >= 4 is 31.6 Å². The molecule has 0 saturated carbocycles. The molecule has 1 aromatic heterocycles. The van der Waals surface area contributed by atoms with Gasteiger partial charge < -0.3 is 5.73 Å². The molecule has 1 aliphatic rings. The van der Waals surface area contributed by atoms with Gasteiger partial charge in [0.2, 0.25) is 10.0 Å². The van der Waals surface area contributed by atoms with Gasteiger partial charge in [0.1, 0.15) is 16.5 Å². The number of primary sulfonamides is 1. The predicted molar refractivity (Wildman–Crippen MR) is 133 cm³/mol. The first kappa shape index (κ1) is 25.5. The highest BCUT2D eigenvalue weighted by Crippen LogP contribution is 2.39. The van der Waals surface area contributed by atoms with Crippen LogP contribution in [-0.2, 0) is 32.9 Å². The predicted octanol–water partition coefficient (Wildman–Crippen LogP) is 2.46. The zero-order valence-electron chi connectivity index (χ0n) is 19.4. The highest BCUT2D eigenvalue weighted by atomic mass is 32.2. The summed E-state index contributed by atoms with van der Waals surface area (Å²) >= 11 is 0. The quantitative estimate of drug-likeness (QED) is 0.328. The largest absolute Gasteiger partial charge is 0.364 e. The minimum absolute atomic E-state index is 0.0144. The van der Waals surface area contributed by atoms with Gasteiger partial charge in [-0.05, 0) is 66.9 Å². The Balaban J connectivity index is 1.62. The Morgan fingerprint density at radius 2 is 1.66 bits per heavy atom. The molecule has 0 aliphatic heterocycles. The van der Waals surface area contributed by atoms with Gasteiger partial charge in [0.25, 0.3) is 15.9 Å². The number of rotatable bonds is 6. The summed E-state index contributed by atoms with van der Waals surface area (Å²) < 4.78 is 80.1. The number of halogens is 2. The van der Waals surface area contributed by atoms with Crippen molar-refractivity contribution in [3.63, 3.8) is 0 Å². The summed E-state index contributed by atoms with van der Waals surface area (Å²) in [4.78, 5) is 11.3. The monoisotopic (exact) mass is 559 g/mol. The van der Waals surface area contributed by atoms with Crippen LogP contribution in [0.4, 0.5) is 14.5 Å². The number of anilines is 1. The lowest BCUT2D eigenvalue weighted by molar-refractivity contribution is 0.0994. The molecule has 3 aromatic carbocycles. The van der Waals surface area contributed by atoms with E-state index in [0.29, 0.717) is 41.4 Å². The van der Waals surface area contributed by atoms with Crippen molar-refractivity contribution in [2.75, 3.05) is 4.72 Å². The van der Waals surface area contributed by atoms with Crippen molar-refractivity contribution in [3.05, 3.63) is 89.1 Å². The fourth-order valence-electron chi connectivity index (χ4n) is 4.37. The fraction of sp³-hybridized carbons (Fsp3) is 0.0833. The van der Waals surface area contributed by atoms with Gasteiger partial charge in [-0.25, -0.2) is 35.4 Å². The van der Waals surface area contributed by atoms with Crippen LogP contribution in [0.1, 0.15) is 21.6 Å². The third kappa shape index (κ3) is 4.53. The van der Waals surface area contributed by atoms with Crippen LogP contribution in [0, 0.1) is 11.6 Å². The number of benzene rings is 3. The van der Waals surface area contributed by atoms with Crippen LogP contribution in [-0.4, -0.2) is 32.5 Å². The molecule has 0 bridgehead atoms. The van der Waals surface area contributed by atoms with Crippen LogP contribution in [0.3, 0.4) is 0 Å². The normalized spacial score (nSPS) is 13.0. The van der Waals surface area contributed by atoms with E-state index in [-0.39, 0.29) is 16.3 Å². The van der Waals surface area contributed by atoms with E-state index in [1.165, 1.54) is 41.1 Å². The second kappa shape index (κ2) is 9.01. The van der Waals surface area contributed by atoms with Gasteiger partial charge in [-0.3, -0.25) is 9.52 Å². The molecule has 10 nitrogen and oxygen atoms in total. The minimum Gasteiger partial charge on any atom is -0.364 e. The third-order valence-electron chi connectivity index (χ3n) is 6.07. The minimum atomic E-state index is -4.41. The molecule has 1 heterocycles. The molecule has 0 unspecified atom stereocenters. The lowest BCUT2D eigenvalue weighted by Gasteiger charge is -2.20. The number of aromatic nitrogens is 2. The molecule has 38 heavy (non-hydrogen) atoms. The number of hydrogen-bond acceptors (Lipinski definition) is 6. The molecule has 0 spiro atoms. The van der Waals surface area contributed by atoms with Gasteiger partial charge in [-0.1, -0.05) is 6.07 Å². The molecule has 5 rings (SSSR count). The van der Waals surface area contributed by atoms with Crippen LogP contribution in [0.25, 0.3) is 16.9 Å². The number of amides is 1. The summed E-state index contributed by atoms with van der Waals surface area (Å²) in [6.45, 7) is 0. The fourth-order valence-corrected chi connectivity index (χ4v) is 5.99. The number of fused-ring (bicyclic) bond motifs is 3. The van der Waals surface area contributed by atoms with Gasteiger partial charge in [-0.2, -0.15) is 5.10 Å². The zero-order valence-corrected chi connectivity index (χ0v) is 21.0. The van der Waals surface area contributed by atoms with E-state index in [0.717, 1.165) is 17.7 Å². The van der Waals surface area contributed by atoms with E-state index >= 15 is 0 Å². The van der Waals surface area contributed by atoms with E-state index in [1.54, 1.807) is 6.07 Å². The van der Waals surface area contributed by atoms with E-state index in [2.05, 4.69) is 9.82 Å². The maximum absolute atomic E-state index is 14.2. The molecule has 0 atom stereocenters. The maximum Gasteiger partial charge on any atom is 0.269 e. The van der Waals surface area contributed by atoms with E-state index in [9.17, 15) is 30.4 Å². The highest BCUT2D eigenvalue weighted by Gasteiger charge is 2.29. The number of primary amides is 1. The van der Waals surface area contributed by atoms with E-state index in [4.69, 9.17) is 10.9 Å². The molecule has 0 fully saturated rings. The summed E-state index contributed by atoms with van der Waals surface area (Å²) in [5.41, 5.74) is 8.39. The topological polar surface area (TPSA) is 167 Å². The molecular weight excluding hydrogens is 540 g/mol. The molecule has 14 heteroatoms. The molecule has 1 aliphatic carbocycles. The Hall–Kier alpha value is -4.14. The first-order valence-corrected chi connectivity index (χ1v) is 14.0. The van der Waals surface area contributed by atoms with Crippen molar-refractivity contribution in [2.45, 2.75) is 22.6 Å². The number of carbonyl (C=O) groups excluding carboxylic acids is 1. The van der Waals surface area contributed by atoms with Crippen molar-refractivity contribution in [3.8, 4) is 16.9 Å². The number of nitrogens with one attached hydrogen (secondary N) is 1. The highest BCUT2D eigenvalue weighted by molar-refractivity contribution is 7.92. The van der Waals surface area contributed by atoms with Gasteiger partial charge in [0, 0.05) is 22.9 Å². The van der Waals surface area contributed by atoms with Crippen LogP contribution in [0.15, 0.2) is 70.5 Å². The van der Waals surface area contributed by atoms with Gasteiger partial charge >= 0.3 is 0 Å². The maximum atomic E-state index is 14.2. The lowest BCUT2D eigenvalue weighted by atomic mass is 9.88. The Bertz CT molecular complexity index is 1840. The van der Waals surface area contributed by atoms with Crippen molar-refractivity contribution in [2.24, 2.45) is 10.9 Å². The molecule has 196 valence electrons. The van der Waals surface area contributed by atoms with Gasteiger partial charge in [-0.15, -0.1) is 0 Å². The van der Waals surface area contributed by atoms with Crippen LogP contribution in [0.5, 0.6) is 0 Å². The Labute approximate surface area is 216 Å². The van der Waals surface area contributed by atoms with Gasteiger partial charge in [0.05, 0.1) is 16.3 Å². The average molecular weight is 560 g/mol. The second-order valence-corrected chi connectivity index (χ2v) is 11.8. The molecule has 1 amide bonds. The summed E-state index contributed by atoms with van der Waals surface area (Å²) in [6.07, 6.45) is 0.917. The average Bonchev–Trinajstić information content (AvgIpc) is 3.24. The lowest BCUT2D eigenvalue weighted by Crippen LogP contribution is -2.16. The number of aryl methyl sites for hydroxylation is 1. The molecule has 0 saturated heterocycles.